The van der Waals surface area contributed by atoms with E-state index in [1.165, 1.54) is 0 Å². The lowest BCUT2D eigenvalue weighted by Crippen LogP contribution is -2.21. The molecule has 4 heteroatoms. The van der Waals surface area contributed by atoms with Crippen molar-refractivity contribution in [1.82, 2.24) is 15.1 Å². The van der Waals surface area contributed by atoms with Gasteiger partial charge >= 0.3 is 0 Å². The highest BCUT2D eigenvalue weighted by Crippen LogP contribution is 2.15. The Hall–Kier alpha value is -1.94. The van der Waals surface area contributed by atoms with Crippen molar-refractivity contribution < 1.29 is 0 Å². The number of likely N-dealkylation sites (N-methyl/N-ethyl adjacent to an activating group) is 1. The minimum absolute atomic E-state index is 0.816. The van der Waals surface area contributed by atoms with Crippen molar-refractivity contribution in [1.29, 1.82) is 0 Å². The van der Waals surface area contributed by atoms with Gasteiger partial charge in [0.15, 0.2) is 0 Å². The number of nitrogens with one attached hydrogen (secondary N) is 1. The van der Waals surface area contributed by atoms with E-state index >= 15 is 0 Å². The van der Waals surface area contributed by atoms with E-state index in [1.807, 2.05) is 56.6 Å². The van der Waals surface area contributed by atoms with Crippen LogP contribution in [0.2, 0.25) is 0 Å². The first-order chi connectivity index (χ1) is 8.75. The summed E-state index contributed by atoms with van der Waals surface area (Å²) in [5.41, 5.74) is 1.98. The van der Waals surface area contributed by atoms with Crippen molar-refractivity contribution in [2.75, 3.05) is 32.5 Å². The molecule has 0 unspecified atom stereocenters. The molecule has 0 fully saturated rings. The van der Waals surface area contributed by atoms with Crippen LogP contribution in [-0.2, 0) is 0 Å². The van der Waals surface area contributed by atoms with Gasteiger partial charge in [0.1, 0.15) is 5.82 Å². The van der Waals surface area contributed by atoms with Gasteiger partial charge in [-0.05, 0) is 26.2 Å². The Labute approximate surface area is 108 Å². The summed E-state index contributed by atoms with van der Waals surface area (Å²) < 4.78 is 0. The molecule has 0 bridgehead atoms. The fourth-order valence-electron chi connectivity index (χ4n) is 1.60. The van der Waals surface area contributed by atoms with Crippen molar-refractivity contribution in [3.05, 3.63) is 42.5 Å². The van der Waals surface area contributed by atoms with Crippen molar-refractivity contribution >= 4 is 5.82 Å². The molecule has 4 nitrogen and oxygen atoms in total. The van der Waals surface area contributed by atoms with Crippen molar-refractivity contribution in [3.8, 4) is 11.3 Å². The molecule has 94 valence electrons. The number of rotatable bonds is 5. The number of aromatic nitrogens is 2. The third-order valence-electron chi connectivity index (χ3n) is 2.60. The first kappa shape index (κ1) is 12.5. The van der Waals surface area contributed by atoms with Gasteiger partial charge in [-0.3, -0.25) is 0 Å². The van der Waals surface area contributed by atoms with Crippen LogP contribution in [0.4, 0.5) is 5.82 Å². The van der Waals surface area contributed by atoms with Crippen LogP contribution in [-0.4, -0.2) is 42.3 Å². The van der Waals surface area contributed by atoms with E-state index in [1.54, 1.807) is 0 Å². The zero-order valence-electron chi connectivity index (χ0n) is 10.8. The lowest BCUT2D eigenvalue weighted by atomic mass is 10.1. The maximum atomic E-state index is 4.22. The van der Waals surface area contributed by atoms with E-state index in [2.05, 4.69) is 20.4 Å². The zero-order valence-corrected chi connectivity index (χ0v) is 10.8. The monoisotopic (exact) mass is 242 g/mol. The standard InChI is InChI=1S/C14H18N4/c1-18(2)11-10-15-14-9-8-13(16-17-14)12-6-4-3-5-7-12/h3-9H,10-11H2,1-2H3,(H,15,17). The highest BCUT2D eigenvalue weighted by atomic mass is 15.2. The van der Waals surface area contributed by atoms with Gasteiger partial charge in [0.25, 0.3) is 0 Å². The lowest BCUT2D eigenvalue weighted by molar-refractivity contribution is 0.425. The van der Waals surface area contributed by atoms with Crippen LogP contribution >= 0.6 is 0 Å². The molecule has 1 aromatic heterocycles. The molecule has 2 rings (SSSR count). The second kappa shape index (κ2) is 6.12. The molecule has 1 aromatic carbocycles. The fraction of sp³-hybridized carbons (Fsp3) is 0.286. The number of hydrogen-bond donors (Lipinski definition) is 1. The SMILES string of the molecule is CN(C)CCNc1ccc(-c2ccccc2)nn1. The van der Waals surface area contributed by atoms with Gasteiger partial charge in [-0.1, -0.05) is 30.3 Å². The van der Waals surface area contributed by atoms with Crippen LogP contribution < -0.4 is 5.32 Å². The van der Waals surface area contributed by atoms with Crippen molar-refractivity contribution in [2.45, 2.75) is 0 Å². The second-order valence-electron chi connectivity index (χ2n) is 4.40. The molecule has 0 saturated carbocycles. The molecule has 18 heavy (non-hydrogen) atoms. The first-order valence-electron chi connectivity index (χ1n) is 6.03. The topological polar surface area (TPSA) is 41.0 Å². The summed E-state index contributed by atoms with van der Waals surface area (Å²) in [5, 5.41) is 11.6. The average molecular weight is 242 g/mol. The van der Waals surface area contributed by atoms with Gasteiger partial charge in [0.2, 0.25) is 0 Å². The molecule has 0 aliphatic rings. The Bertz CT molecular complexity index is 465. The predicted octanol–water partition coefficient (Wildman–Crippen LogP) is 2.12. The molecule has 0 aliphatic heterocycles. The number of hydrogen-bond acceptors (Lipinski definition) is 4. The van der Waals surface area contributed by atoms with Crippen LogP contribution in [0.25, 0.3) is 11.3 Å². The lowest BCUT2D eigenvalue weighted by Gasteiger charge is -2.10. The Balaban J connectivity index is 1.98. The third-order valence-corrected chi connectivity index (χ3v) is 2.60. The van der Waals surface area contributed by atoms with E-state index in [-0.39, 0.29) is 0 Å². The van der Waals surface area contributed by atoms with E-state index in [4.69, 9.17) is 0 Å². The molecule has 1 heterocycles. The molecule has 1 N–H and O–H groups in total. The first-order valence-corrected chi connectivity index (χ1v) is 6.03. The predicted molar refractivity (Wildman–Crippen MR) is 74.5 cm³/mol. The van der Waals surface area contributed by atoms with E-state index < -0.39 is 0 Å². The zero-order chi connectivity index (χ0) is 12.8. The van der Waals surface area contributed by atoms with Crippen LogP contribution in [0.5, 0.6) is 0 Å². The van der Waals surface area contributed by atoms with E-state index in [0.717, 1.165) is 30.2 Å². The van der Waals surface area contributed by atoms with Gasteiger partial charge in [-0.2, -0.15) is 0 Å². The Morgan fingerprint density at radius 1 is 1.00 bits per heavy atom. The second-order valence-corrected chi connectivity index (χ2v) is 4.40. The summed E-state index contributed by atoms with van der Waals surface area (Å²) in [6.07, 6.45) is 0. The van der Waals surface area contributed by atoms with E-state index in [9.17, 15) is 0 Å². The van der Waals surface area contributed by atoms with Crippen molar-refractivity contribution in [3.63, 3.8) is 0 Å². The molecular formula is C14H18N4. The summed E-state index contributed by atoms with van der Waals surface area (Å²) in [4.78, 5) is 2.12. The summed E-state index contributed by atoms with van der Waals surface area (Å²) in [6, 6.07) is 14.0. The molecule has 0 aliphatic carbocycles. The molecule has 2 aromatic rings. The van der Waals surface area contributed by atoms with Gasteiger partial charge in [0.05, 0.1) is 5.69 Å². The fourth-order valence-corrected chi connectivity index (χ4v) is 1.60. The minimum atomic E-state index is 0.816. The molecule has 0 atom stereocenters. The smallest absolute Gasteiger partial charge is 0.148 e. The molecule has 0 saturated heterocycles. The summed E-state index contributed by atoms with van der Waals surface area (Å²) in [7, 11) is 4.09. The Morgan fingerprint density at radius 3 is 2.39 bits per heavy atom. The normalized spacial score (nSPS) is 10.6. The molecule has 0 radical (unpaired) electrons. The summed E-state index contributed by atoms with van der Waals surface area (Å²) in [5.74, 6) is 0.816. The number of benzene rings is 1. The highest BCUT2D eigenvalue weighted by Gasteiger charge is 2.00. The van der Waals surface area contributed by atoms with Crippen LogP contribution in [0, 0.1) is 0 Å². The summed E-state index contributed by atoms with van der Waals surface area (Å²) in [6.45, 7) is 1.84. The maximum absolute atomic E-state index is 4.22. The average Bonchev–Trinajstić information content (AvgIpc) is 2.40. The Morgan fingerprint density at radius 2 is 1.78 bits per heavy atom. The van der Waals surface area contributed by atoms with Crippen LogP contribution in [0.15, 0.2) is 42.5 Å². The van der Waals surface area contributed by atoms with Gasteiger partial charge in [-0.15, -0.1) is 10.2 Å². The van der Waals surface area contributed by atoms with Gasteiger partial charge in [0, 0.05) is 18.7 Å². The van der Waals surface area contributed by atoms with Crippen LogP contribution in [0.1, 0.15) is 0 Å². The van der Waals surface area contributed by atoms with Crippen molar-refractivity contribution in [2.24, 2.45) is 0 Å². The van der Waals surface area contributed by atoms with Gasteiger partial charge in [-0.25, -0.2) is 0 Å². The maximum Gasteiger partial charge on any atom is 0.148 e. The number of nitrogens with zero attached hydrogens (tertiary/aromatic N) is 3. The highest BCUT2D eigenvalue weighted by molar-refractivity contribution is 5.59. The molecule has 0 spiro atoms. The Kier molecular flexibility index (Phi) is 4.25. The third kappa shape index (κ3) is 3.53. The van der Waals surface area contributed by atoms with E-state index in [0.29, 0.717) is 0 Å². The molecular weight excluding hydrogens is 224 g/mol. The molecule has 0 amide bonds. The quantitative estimate of drug-likeness (QED) is 0.872. The van der Waals surface area contributed by atoms with Crippen LogP contribution in [0.3, 0.4) is 0 Å². The number of anilines is 1. The summed E-state index contributed by atoms with van der Waals surface area (Å²) >= 11 is 0. The minimum Gasteiger partial charge on any atom is -0.367 e. The largest absolute Gasteiger partial charge is 0.367 e. The van der Waals surface area contributed by atoms with Gasteiger partial charge < -0.3 is 10.2 Å².